The van der Waals surface area contributed by atoms with Crippen LogP contribution in [0.3, 0.4) is 0 Å². The molecule has 10 nitrogen and oxygen atoms in total. The predicted octanol–water partition coefficient (Wildman–Crippen LogP) is 2.68. The zero-order valence-corrected chi connectivity index (χ0v) is 20.2. The van der Waals surface area contributed by atoms with Crippen molar-refractivity contribution >= 4 is 29.3 Å². The largest absolute Gasteiger partial charge is 0.497 e. The summed E-state index contributed by atoms with van der Waals surface area (Å²) in [7, 11) is 3.12. The molecule has 3 aromatic rings. The first-order chi connectivity index (χ1) is 17.0. The van der Waals surface area contributed by atoms with Crippen LogP contribution in [-0.4, -0.2) is 58.3 Å². The Morgan fingerprint density at radius 2 is 1.71 bits per heavy atom. The average molecular weight is 498 g/mol. The number of thioether (sulfide) groups is 1. The van der Waals surface area contributed by atoms with Gasteiger partial charge in [-0.05, 0) is 48.5 Å². The van der Waals surface area contributed by atoms with Crippen molar-refractivity contribution in [3.63, 3.8) is 0 Å². The summed E-state index contributed by atoms with van der Waals surface area (Å²) < 4.78 is 11.9. The molecule has 2 amide bonds. The lowest BCUT2D eigenvalue weighted by atomic mass is 10.2. The molecule has 3 N–H and O–H groups in total. The number of carbonyl (C=O) groups excluding carboxylic acids is 2. The smallest absolute Gasteiger partial charge is 0.251 e. The number of aromatic nitrogens is 3. The summed E-state index contributed by atoms with van der Waals surface area (Å²) in [5, 5.41) is 24.3. The molecule has 0 radical (unpaired) electrons. The highest BCUT2D eigenvalue weighted by Crippen LogP contribution is 2.22. The third kappa shape index (κ3) is 6.84. The van der Waals surface area contributed by atoms with Crippen LogP contribution >= 0.6 is 11.8 Å². The summed E-state index contributed by atoms with van der Waals surface area (Å²) in [5.74, 6) is 1.16. The molecule has 1 aromatic heterocycles. The molecule has 0 fully saturated rings. The fraction of sp³-hybridized carbons (Fsp3) is 0.250. The highest BCUT2D eigenvalue weighted by atomic mass is 32.2. The number of anilines is 1. The highest BCUT2D eigenvalue weighted by Gasteiger charge is 2.23. The minimum Gasteiger partial charge on any atom is -0.497 e. The first kappa shape index (κ1) is 25.8. The molecule has 0 bridgehead atoms. The SMILES string of the molecule is C=CCn1c(SCC(=O)Nc2ccc(OC)cc2)nnc1[C@@H](CO)NC(=O)c1ccc(OC)cc1. The minimum atomic E-state index is -0.806. The van der Waals surface area contributed by atoms with Gasteiger partial charge in [0.25, 0.3) is 5.91 Å². The molecule has 0 aliphatic carbocycles. The van der Waals surface area contributed by atoms with E-state index in [1.165, 1.54) is 11.8 Å². The Bertz CT molecular complexity index is 1150. The molecule has 1 atom stereocenters. The molecule has 0 aliphatic heterocycles. The summed E-state index contributed by atoms with van der Waals surface area (Å²) in [4.78, 5) is 25.1. The van der Waals surface area contributed by atoms with Gasteiger partial charge in [-0.15, -0.1) is 16.8 Å². The molecular formula is C24H27N5O5S. The molecular weight excluding hydrogens is 470 g/mol. The molecule has 184 valence electrons. The van der Waals surface area contributed by atoms with E-state index < -0.39 is 6.04 Å². The van der Waals surface area contributed by atoms with E-state index in [0.29, 0.717) is 40.3 Å². The van der Waals surface area contributed by atoms with Crippen LogP contribution in [0, 0.1) is 0 Å². The van der Waals surface area contributed by atoms with E-state index in [2.05, 4.69) is 27.4 Å². The highest BCUT2D eigenvalue weighted by molar-refractivity contribution is 7.99. The van der Waals surface area contributed by atoms with E-state index in [9.17, 15) is 14.7 Å². The van der Waals surface area contributed by atoms with Crippen molar-refractivity contribution < 1.29 is 24.2 Å². The van der Waals surface area contributed by atoms with E-state index in [4.69, 9.17) is 9.47 Å². The number of aliphatic hydroxyl groups excluding tert-OH is 1. The quantitative estimate of drug-likeness (QED) is 0.257. The average Bonchev–Trinajstić information content (AvgIpc) is 3.28. The third-order valence-corrected chi connectivity index (χ3v) is 5.88. The van der Waals surface area contributed by atoms with Crippen LogP contribution in [-0.2, 0) is 11.3 Å². The number of amides is 2. The molecule has 0 saturated heterocycles. The van der Waals surface area contributed by atoms with Crippen molar-refractivity contribution in [2.75, 3.05) is 31.9 Å². The van der Waals surface area contributed by atoms with Crippen molar-refractivity contribution in [3.05, 3.63) is 72.6 Å². The predicted molar refractivity (Wildman–Crippen MR) is 133 cm³/mol. The maximum Gasteiger partial charge on any atom is 0.251 e. The van der Waals surface area contributed by atoms with Crippen LogP contribution in [0.5, 0.6) is 11.5 Å². The summed E-state index contributed by atoms with van der Waals surface area (Å²) in [6.45, 7) is 3.70. The van der Waals surface area contributed by atoms with E-state index in [1.807, 2.05) is 0 Å². The van der Waals surface area contributed by atoms with Gasteiger partial charge < -0.3 is 29.8 Å². The van der Waals surface area contributed by atoms with E-state index in [1.54, 1.807) is 73.4 Å². The maximum absolute atomic E-state index is 12.7. The molecule has 0 unspecified atom stereocenters. The molecule has 35 heavy (non-hydrogen) atoms. The van der Waals surface area contributed by atoms with Gasteiger partial charge in [-0.2, -0.15) is 0 Å². The van der Waals surface area contributed by atoms with Crippen LogP contribution in [0.4, 0.5) is 5.69 Å². The molecule has 0 aliphatic rings. The standard InChI is InChI=1S/C24H27N5O5S/c1-4-13-29-22(20(14-30)26-23(32)16-5-9-18(33-2)10-6-16)27-28-24(29)35-15-21(31)25-17-7-11-19(34-3)12-8-17/h4-12,20,30H,1,13-15H2,2-3H3,(H,25,31)(H,26,32)/t20-/m1/s1. The summed E-state index contributed by atoms with van der Waals surface area (Å²) in [6, 6.07) is 12.8. The Balaban J connectivity index is 1.67. The Hall–Kier alpha value is -3.83. The van der Waals surface area contributed by atoms with Gasteiger partial charge in [0, 0.05) is 17.8 Å². The van der Waals surface area contributed by atoms with Crippen LogP contribution in [0.2, 0.25) is 0 Å². The second kappa shape index (κ2) is 12.6. The molecule has 2 aromatic carbocycles. The van der Waals surface area contributed by atoms with Gasteiger partial charge >= 0.3 is 0 Å². The molecule has 0 saturated carbocycles. The van der Waals surface area contributed by atoms with Crippen LogP contribution < -0.4 is 20.1 Å². The van der Waals surface area contributed by atoms with Gasteiger partial charge in [-0.25, -0.2) is 0 Å². The zero-order chi connectivity index (χ0) is 25.2. The number of benzene rings is 2. The molecule has 3 rings (SSSR count). The number of allylic oxidation sites excluding steroid dienone is 1. The topological polar surface area (TPSA) is 128 Å². The summed E-state index contributed by atoms with van der Waals surface area (Å²) >= 11 is 1.19. The number of methoxy groups -OCH3 is 2. The molecule has 11 heteroatoms. The number of aliphatic hydroxyl groups is 1. The van der Waals surface area contributed by atoms with Crippen LogP contribution in [0.1, 0.15) is 22.2 Å². The van der Waals surface area contributed by atoms with Crippen molar-refractivity contribution in [1.29, 1.82) is 0 Å². The lowest BCUT2D eigenvalue weighted by Gasteiger charge is -2.17. The Morgan fingerprint density at radius 1 is 1.09 bits per heavy atom. The van der Waals surface area contributed by atoms with Gasteiger partial charge in [0.15, 0.2) is 11.0 Å². The Kier molecular flexibility index (Phi) is 9.27. The Morgan fingerprint density at radius 3 is 2.29 bits per heavy atom. The fourth-order valence-electron chi connectivity index (χ4n) is 3.14. The van der Waals surface area contributed by atoms with Gasteiger partial charge in [-0.1, -0.05) is 17.8 Å². The normalized spacial score (nSPS) is 11.4. The number of hydrogen-bond acceptors (Lipinski definition) is 8. The maximum atomic E-state index is 12.7. The van der Waals surface area contributed by atoms with Gasteiger partial charge in [-0.3, -0.25) is 9.59 Å². The number of carbonyl (C=O) groups is 2. The molecule has 0 spiro atoms. The summed E-state index contributed by atoms with van der Waals surface area (Å²) in [5.41, 5.74) is 1.05. The van der Waals surface area contributed by atoms with E-state index >= 15 is 0 Å². The number of hydrogen-bond donors (Lipinski definition) is 3. The lowest BCUT2D eigenvalue weighted by molar-refractivity contribution is -0.113. The Labute approximate surface area is 207 Å². The number of ether oxygens (including phenoxy) is 2. The van der Waals surface area contributed by atoms with Gasteiger partial charge in [0.2, 0.25) is 5.91 Å². The number of rotatable bonds is 12. The third-order valence-electron chi connectivity index (χ3n) is 4.92. The van der Waals surface area contributed by atoms with Crippen LogP contribution in [0.25, 0.3) is 0 Å². The summed E-state index contributed by atoms with van der Waals surface area (Å²) in [6.07, 6.45) is 1.65. The number of nitrogens with one attached hydrogen (secondary N) is 2. The van der Waals surface area contributed by atoms with Gasteiger partial charge in [0.05, 0.1) is 26.6 Å². The molecule has 1 heterocycles. The van der Waals surface area contributed by atoms with Crippen molar-refractivity contribution in [3.8, 4) is 11.5 Å². The second-order valence-corrected chi connectivity index (χ2v) is 8.19. The second-order valence-electron chi connectivity index (χ2n) is 7.24. The fourth-order valence-corrected chi connectivity index (χ4v) is 3.90. The van der Waals surface area contributed by atoms with Crippen LogP contribution in [0.15, 0.2) is 66.3 Å². The van der Waals surface area contributed by atoms with E-state index in [0.717, 1.165) is 0 Å². The first-order valence-electron chi connectivity index (χ1n) is 10.7. The van der Waals surface area contributed by atoms with Crippen molar-refractivity contribution in [1.82, 2.24) is 20.1 Å². The zero-order valence-electron chi connectivity index (χ0n) is 19.4. The minimum absolute atomic E-state index is 0.0866. The van der Waals surface area contributed by atoms with Crippen molar-refractivity contribution in [2.45, 2.75) is 17.7 Å². The monoisotopic (exact) mass is 497 g/mol. The first-order valence-corrected chi connectivity index (χ1v) is 11.6. The van der Waals surface area contributed by atoms with E-state index in [-0.39, 0.29) is 24.2 Å². The number of nitrogens with zero attached hydrogens (tertiary/aromatic N) is 3. The van der Waals surface area contributed by atoms with Gasteiger partial charge in [0.1, 0.15) is 17.5 Å². The van der Waals surface area contributed by atoms with Crippen molar-refractivity contribution in [2.24, 2.45) is 0 Å². The lowest BCUT2D eigenvalue weighted by Crippen LogP contribution is -2.33.